The van der Waals surface area contributed by atoms with Gasteiger partial charge in [0.15, 0.2) is 5.78 Å². The number of ether oxygens (including phenoxy) is 2. The summed E-state index contributed by atoms with van der Waals surface area (Å²) in [6.45, 7) is 4.07. The molecule has 0 amide bonds. The lowest BCUT2D eigenvalue weighted by Crippen LogP contribution is -1.99. The normalized spacial score (nSPS) is 10.7. The Bertz CT molecular complexity index is 893. The summed E-state index contributed by atoms with van der Waals surface area (Å²) in [6.07, 6.45) is 5.97. The number of hydrogen-bond donors (Lipinski definition) is 1. The highest BCUT2D eigenvalue weighted by Gasteiger charge is 2.10. The molecule has 0 fully saturated rings. The van der Waals surface area contributed by atoms with E-state index in [0.29, 0.717) is 27.8 Å². The van der Waals surface area contributed by atoms with Crippen LogP contribution in [0.5, 0.6) is 17.2 Å². The third kappa shape index (κ3) is 5.47. The maximum absolute atomic E-state index is 12.6. The zero-order valence-electron chi connectivity index (χ0n) is 15.9. The molecule has 0 bridgehead atoms. The molecule has 0 aliphatic heterocycles. The van der Waals surface area contributed by atoms with Gasteiger partial charge in [0.1, 0.15) is 17.2 Å². The Hall–Kier alpha value is -2.53. The van der Waals surface area contributed by atoms with Crippen LogP contribution in [0.1, 0.15) is 35.3 Å². The number of methoxy groups -OCH3 is 2. The van der Waals surface area contributed by atoms with Gasteiger partial charge in [0, 0.05) is 17.2 Å². The standard InChI is InChI=1S/C22H23BrO4/c1-14(2)5-6-16-11-15(8-10-21(16)26-3)19(24)9-7-17-12-18(23)20(25)13-22(17)27-4/h5,7-13,25H,6H2,1-4H3/b9-7+. The van der Waals surface area contributed by atoms with Crippen LogP contribution in [-0.2, 0) is 6.42 Å². The van der Waals surface area contributed by atoms with Crippen LogP contribution < -0.4 is 9.47 Å². The van der Waals surface area contributed by atoms with Crippen LogP contribution in [-0.4, -0.2) is 25.1 Å². The van der Waals surface area contributed by atoms with Gasteiger partial charge in [0.2, 0.25) is 0 Å². The minimum Gasteiger partial charge on any atom is -0.507 e. The van der Waals surface area contributed by atoms with Crippen molar-refractivity contribution in [3.05, 3.63) is 69.2 Å². The number of ketones is 1. The Labute approximate surface area is 168 Å². The summed E-state index contributed by atoms with van der Waals surface area (Å²) in [6, 6.07) is 8.62. The molecule has 1 N–H and O–H groups in total. The molecule has 27 heavy (non-hydrogen) atoms. The molecule has 0 saturated heterocycles. The Kier molecular flexibility index (Phi) is 7.25. The molecule has 5 heteroatoms. The lowest BCUT2D eigenvalue weighted by Gasteiger charge is -2.09. The largest absolute Gasteiger partial charge is 0.507 e. The third-order valence-electron chi connectivity index (χ3n) is 4.01. The second-order valence-electron chi connectivity index (χ2n) is 6.26. The first-order chi connectivity index (χ1) is 12.8. The molecule has 0 aliphatic carbocycles. The van der Waals surface area contributed by atoms with Crippen molar-refractivity contribution >= 4 is 27.8 Å². The molecule has 0 aromatic heterocycles. The Balaban J connectivity index is 2.30. The van der Waals surface area contributed by atoms with E-state index < -0.39 is 0 Å². The Morgan fingerprint density at radius 1 is 1.11 bits per heavy atom. The number of carbonyl (C=O) groups excluding carboxylic acids is 1. The highest BCUT2D eigenvalue weighted by Crippen LogP contribution is 2.32. The number of carbonyl (C=O) groups is 1. The van der Waals surface area contributed by atoms with Crippen LogP contribution >= 0.6 is 15.9 Å². The number of phenolic OH excluding ortho intramolecular Hbond substituents is 1. The summed E-state index contributed by atoms with van der Waals surface area (Å²) < 4.78 is 11.2. The monoisotopic (exact) mass is 430 g/mol. The van der Waals surface area contributed by atoms with E-state index in [4.69, 9.17) is 9.47 Å². The van der Waals surface area contributed by atoms with E-state index >= 15 is 0 Å². The van der Waals surface area contributed by atoms with Crippen LogP contribution in [0.3, 0.4) is 0 Å². The fourth-order valence-electron chi connectivity index (χ4n) is 2.53. The number of rotatable bonds is 7. The van der Waals surface area contributed by atoms with Gasteiger partial charge in [-0.3, -0.25) is 4.79 Å². The highest BCUT2D eigenvalue weighted by molar-refractivity contribution is 9.10. The molecule has 0 unspecified atom stereocenters. The van der Waals surface area contributed by atoms with Crippen molar-refractivity contribution in [2.75, 3.05) is 14.2 Å². The first-order valence-corrected chi connectivity index (χ1v) is 9.24. The molecular weight excluding hydrogens is 408 g/mol. The van der Waals surface area contributed by atoms with Gasteiger partial charge >= 0.3 is 0 Å². The molecule has 0 aliphatic rings. The van der Waals surface area contributed by atoms with E-state index in [2.05, 4.69) is 22.0 Å². The second-order valence-corrected chi connectivity index (χ2v) is 7.11. The lowest BCUT2D eigenvalue weighted by molar-refractivity contribution is 0.104. The smallest absolute Gasteiger partial charge is 0.185 e. The van der Waals surface area contributed by atoms with Gasteiger partial charge in [0.25, 0.3) is 0 Å². The van der Waals surface area contributed by atoms with Crippen molar-refractivity contribution in [1.82, 2.24) is 0 Å². The number of allylic oxidation sites excluding steroid dienone is 3. The first-order valence-electron chi connectivity index (χ1n) is 8.45. The molecule has 2 aromatic carbocycles. The van der Waals surface area contributed by atoms with Crippen LogP contribution in [0, 0.1) is 0 Å². The zero-order valence-corrected chi connectivity index (χ0v) is 17.5. The predicted molar refractivity (Wildman–Crippen MR) is 112 cm³/mol. The van der Waals surface area contributed by atoms with E-state index in [-0.39, 0.29) is 11.5 Å². The summed E-state index contributed by atoms with van der Waals surface area (Å²) in [7, 11) is 3.14. The van der Waals surface area contributed by atoms with Crippen molar-refractivity contribution in [3.8, 4) is 17.2 Å². The van der Waals surface area contributed by atoms with E-state index in [1.807, 2.05) is 26.0 Å². The van der Waals surface area contributed by atoms with Gasteiger partial charge in [0.05, 0.1) is 18.7 Å². The molecule has 0 heterocycles. The predicted octanol–water partition coefficient (Wildman–Crippen LogP) is 5.58. The molecule has 0 radical (unpaired) electrons. The minimum absolute atomic E-state index is 0.0781. The molecule has 142 valence electrons. The number of hydrogen-bond acceptors (Lipinski definition) is 4. The molecule has 0 atom stereocenters. The van der Waals surface area contributed by atoms with Crippen LogP contribution in [0.2, 0.25) is 0 Å². The quantitative estimate of drug-likeness (QED) is 0.354. The minimum atomic E-state index is -0.123. The highest BCUT2D eigenvalue weighted by atomic mass is 79.9. The zero-order chi connectivity index (χ0) is 20.0. The summed E-state index contributed by atoms with van der Waals surface area (Å²) >= 11 is 3.27. The Morgan fingerprint density at radius 3 is 2.44 bits per heavy atom. The van der Waals surface area contributed by atoms with Crippen LogP contribution in [0.4, 0.5) is 0 Å². The fourth-order valence-corrected chi connectivity index (χ4v) is 2.89. The van der Waals surface area contributed by atoms with Gasteiger partial charge in [-0.05, 0) is 78.2 Å². The number of phenols is 1. The van der Waals surface area contributed by atoms with E-state index in [1.165, 1.54) is 24.8 Å². The second kappa shape index (κ2) is 9.42. The molecule has 0 saturated carbocycles. The van der Waals surface area contributed by atoms with Crippen molar-refractivity contribution < 1.29 is 19.4 Å². The summed E-state index contributed by atoms with van der Waals surface area (Å²) in [5.41, 5.74) is 3.44. The van der Waals surface area contributed by atoms with Crippen LogP contribution in [0.15, 0.2) is 52.5 Å². The maximum Gasteiger partial charge on any atom is 0.185 e. The summed E-state index contributed by atoms with van der Waals surface area (Å²) in [5.74, 6) is 1.20. The average molecular weight is 431 g/mol. The van der Waals surface area contributed by atoms with E-state index in [1.54, 1.807) is 25.3 Å². The first kappa shape index (κ1) is 20.8. The number of aromatic hydroxyl groups is 1. The van der Waals surface area contributed by atoms with Crippen molar-refractivity contribution in [2.24, 2.45) is 0 Å². The fraction of sp³-hybridized carbons (Fsp3) is 0.227. The van der Waals surface area contributed by atoms with Gasteiger partial charge in [-0.1, -0.05) is 11.6 Å². The van der Waals surface area contributed by atoms with E-state index in [9.17, 15) is 9.90 Å². The molecule has 0 spiro atoms. The molecule has 2 aromatic rings. The van der Waals surface area contributed by atoms with E-state index in [0.717, 1.165) is 11.3 Å². The topological polar surface area (TPSA) is 55.8 Å². The molecule has 2 rings (SSSR count). The summed E-state index contributed by atoms with van der Waals surface area (Å²) in [5, 5.41) is 9.75. The van der Waals surface area contributed by atoms with Crippen molar-refractivity contribution in [2.45, 2.75) is 20.3 Å². The average Bonchev–Trinajstić information content (AvgIpc) is 2.66. The van der Waals surface area contributed by atoms with Crippen molar-refractivity contribution in [3.63, 3.8) is 0 Å². The molecule has 4 nitrogen and oxygen atoms in total. The third-order valence-corrected chi connectivity index (χ3v) is 4.64. The van der Waals surface area contributed by atoms with Gasteiger partial charge in [-0.15, -0.1) is 0 Å². The number of halogens is 1. The van der Waals surface area contributed by atoms with Gasteiger partial charge < -0.3 is 14.6 Å². The Morgan fingerprint density at radius 2 is 1.81 bits per heavy atom. The number of benzene rings is 2. The van der Waals surface area contributed by atoms with Gasteiger partial charge in [-0.25, -0.2) is 0 Å². The molecular formula is C22H23BrO4. The van der Waals surface area contributed by atoms with Crippen LogP contribution in [0.25, 0.3) is 6.08 Å². The summed E-state index contributed by atoms with van der Waals surface area (Å²) in [4.78, 5) is 12.6. The maximum atomic E-state index is 12.6. The lowest BCUT2D eigenvalue weighted by atomic mass is 10.0. The SMILES string of the molecule is COc1cc(O)c(Br)cc1/C=C/C(=O)c1ccc(OC)c(CC=C(C)C)c1. The van der Waals surface area contributed by atoms with Gasteiger partial charge in [-0.2, -0.15) is 0 Å². The van der Waals surface area contributed by atoms with Crippen molar-refractivity contribution in [1.29, 1.82) is 0 Å².